The molecule has 14 heteroatoms. The van der Waals surface area contributed by atoms with Crippen LogP contribution in [0.1, 0.15) is 43.5 Å². The minimum atomic E-state index is -4.73. The van der Waals surface area contributed by atoms with E-state index in [0.717, 1.165) is 37.9 Å². The summed E-state index contributed by atoms with van der Waals surface area (Å²) < 4.78 is 26.4. The van der Waals surface area contributed by atoms with Gasteiger partial charge in [-0.1, -0.05) is 25.1 Å². The number of para-hydroxylation sites is 1. The van der Waals surface area contributed by atoms with E-state index < -0.39 is 45.1 Å². The minimum absolute atomic E-state index is 0.0430. The number of hydrogen-bond acceptors (Lipinski definition) is 10. The van der Waals surface area contributed by atoms with Crippen molar-refractivity contribution in [3.05, 3.63) is 41.6 Å². The number of hydrogen-bond donors (Lipinski definition) is 6. The van der Waals surface area contributed by atoms with Crippen LogP contribution < -0.4 is 0 Å². The highest BCUT2D eigenvalue weighted by molar-refractivity contribution is 7.46. The lowest BCUT2D eigenvalue weighted by Gasteiger charge is -2.53. The molecule has 0 aliphatic carbocycles. The number of esters is 1. The lowest BCUT2D eigenvalue weighted by molar-refractivity contribution is -0.285. The lowest BCUT2D eigenvalue weighted by atomic mass is 9.66. The molecule has 2 aromatic rings. The third-order valence-electron chi connectivity index (χ3n) is 8.74. The molecule has 2 saturated heterocycles. The first-order valence-electron chi connectivity index (χ1n) is 13.7. The Morgan fingerprint density at radius 2 is 1.85 bits per heavy atom. The van der Waals surface area contributed by atoms with Gasteiger partial charge in [0.15, 0.2) is 6.29 Å². The number of benzene rings is 1. The SMILES string of the molecule is CC[C@@]12C=C(C(=O)OC)n3c4c(c5ccccc53)CCN(CCC1)[C@H]42.O=P(O)(O)OC[C@H]1O[C@H](O)[C@H](O)[C@@H](O)[C@@H]1O. The highest BCUT2D eigenvalue weighted by atomic mass is 31.2. The summed E-state index contributed by atoms with van der Waals surface area (Å²) in [5, 5.41) is 38.0. The van der Waals surface area contributed by atoms with Gasteiger partial charge in [0.05, 0.1) is 25.3 Å². The first kappa shape index (κ1) is 30.3. The summed E-state index contributed by atoms with van der Waals surface area (Å²) in [6.07, 6.45) is -1.41. The second-order valence-electron chi connectivity index (χ2n) is 10.9. The van der Waals surface area contributed by atoms with Gasteiger partial charge in [-0.2, -0.15) is 0 Å². The molecule has 5 heterocycles. The van der Waals surface area contributed by atoms with Gasteiger partial charge in [0.1, 0.15) is 30.1 Å². The second-order valence-corrected chi connectivity index (χ2v) is 12.2. The van der Waals surface area contributed by atoms with Crippen LogP contribution >= 0.6 is 7.82 Å². The lowest BCUT2D eigenvalue weighted by Crippen LogP contribution is -2.58. The number of carbonyl (C=O) groups excluding carboxylic acids is 1. The van der Waals surface area contributed by atoms with E-state index in [4.69, 9.17) is 24.7 Å². The number of methoxy groups -OCH3 is 1. The van der Waals surface area contributed by atoms with Crippen LogP contribution in [0.15, 0.2) is 30.3 Å². The first-order chi connectivity index (χ1) is 19.4. The van der Waals surface area contributed by atoms with Gasteiger partial charge in [-0.25, -0.2) is 9.36 Å². The van der Waals surface area contributed by atoms with Crippen molar-refractivity contribution in [2.75, 3.05) is 26.8 Å². The van der Waals surface area contributed by atoms with Crippen molar-refractivity contribution in [3.63, 3.8) is 0 Å². The van der Waals surface area contributed by atoms with E-state index in [1.54, 1.807) is 0 Å². The van der Waals surface area contributed by atoms with E-state index in [1.807, 2.05) is 0 Å². The van der Waals surface area contributed by atoms with E-state index in [-0.39, 0.29) is 11.4 Å². The number of aliphatic hydroxyl groups excluding tert-OH is 4. The van der Waals surface area contributed by atoms with Gasteiger partial charge in [0, 0.05) is 23.0 Å². The maximum atomic E-state index is 12.7. The van der Waals surface area contributed by atoms with Crippen molar-refractivity contribution in [2.45, 2.75) is 69.4 Å². The average Bonchev–Trinajstić information content (AvgIpc) is 3.30. The number of piperidine rings is 1. The number of ether oxygens (including phenoxy) is 2. The van der Waals surface area contributed by atoms with Gasteiger partial charge in [-0.15, -0.1) is 0 Å². The van der Waals surface area contributed by atoms with Crippen molar-refractivity contribution in [3.8, 4) is 0 Å². The Hall–Kier alpha value is -2.16. The number of carbonyl (C=O) groups is 1. The molecular formula is C27H37N2O11P. The van der Waals surface area contributed by atoms with Crippen molar-refractivity contribution >= 4 is 30.4 Å². The summed E-state index contributed by atoms with van der Waals surface area (Å²) in [5.74, 6) is -0.225. The Labute approximate surface area is 236 Å². The molecule has 0 radical (unpaired) electrons. The maximum absolute atomic E-state index is 12.7. The molecule has 0 spiro atoms. The fourth-order valence-corrected chi connectivity index (χ4v) is 7.11. The fourth-order valence-electron chi connectivity index (χ4n) is 6.77. The Morgan fingerprint density at radius 3 is 2.54 bits per heavy atom. The van der Waals surface area contributed by atoms with Gasteiger partial charge in [0.2, 0.25) is 0 Å². The third-order valence-corrected chi connectivity index (χ3v) is 9.22. The molecule has 0 unspecified atom stereocenters. The largest absolute Gasteiger partial charge is 0.469 e. The normalized spacial score (nSPS) is 32.9. The van der Waals surface area contributed by atoms with E-state index in [2.05, 4.69) is 56.0 Å². The molecule has 41 heavy (non-hydrogen) atoms. The van der Waals surface area contributed by atoms with Crippen LogP contribution in [0.25, 0.3) is 16.6 Å². The Kier molecular flexibility index (Phi) is 8.50. The minimum Gasteiger partial charge on any atom is -0.464 e. The second kappa shape index (κ2) is 11.5. The molecule has 0 amide bonds. The Morgan fingerprint density at radius 1 is 1.12 bits per heavy atom. The first-order valence-corrected chi connectivity index (χ1v) is 15.2. The van der Waals surface area contributed by atoms with Gasteiger partial charge in [-0.3, -0.25) is 9.42 Å². The molecule has 7 atom stereocenters. The predicted molar refractivity (Wildman–Crippen MR) is 145 cm³/mol. The molecule has 13 nitrogen and oxygen atoms in total. The number of fused-ring (bicyclic) bond motifs is 3. The highest BCUT2D eigenvalue weighted by Crippen LogP contribution is 2.57. The van der Waals surface area contributed by atoms with Gasteiger partial charge < -0.3 is 44.3 Å². The fraction of sp³-hybridized carbons (Fsp3) is 0.593. The number of phosphoric acid groups is 1. The molecular weight excluding hydrogens is 559 g/mol. The van der Waals surface area contributed by atoms with Crippen LogP contribution in [0.5, 0.6) is 0 Å². The van der Waals surface area contributed by atoms with Crippen LogP contribution in [0, 0.1) is 5.41 Å². The number of rotatable bonds is 5. The quantitative estimate of drug-likeness (QED) is 0.209. The van der Waals surface area contributed by atoms with Crippen LogP contribution in [0.3, 0.4) is 0 Å². The van der Waals surface area contributed by atoms with Crippen molar-refractivity contribution < 1.29 is 53.6 Å². The van der Waals surface area contributed by atoms with Crippen molar-refractivity contribution in [2.24, 2.45) is 5.41 Å². The Balaban J connectivity index is 0.000000184. The molecule has 0 saturated carbocycles. The Bertz CT molecular complexity index is 1370. The molecule has 1 aromatic carbocycles. The predicted octanol–water partition coefficient (Wildman–Crippen LogP) is 0.654. The topological polar surface area (TPSA) is 191 Å². The smallest absolute Gasteiger partial charge is 0.464 e. The van der Waals surface area contributed by atoms with E-state index in [0.29, 0.717) is 11.7 Å². The zero-order valence-corrected chi connectivity index (χ0v) is 23.8. The zero-order valence-electron chi connectivity index (χ0n) is 22.9. The molecule has 4 aliphatic heterocycles. The molecule has 6 rings (SSSR count). The summed E-state index contributed by atoms with van der Waals surface area (Å²) in [7, 11) is -3.25. The zero-order chi connectivity index (χ0) is 29.7. The number of aromatic nitrogens is 1. The number of nitrogens with zero attached hydrogens (tertiary/aromatic N) is 2. The molecule has 6 N–H and O–H groups in total. The summed E-state index contributed by atoms with van der Waals surface area (Å²) in [5.41, 5.74) is 4.67. The standard InChI is InChI=1S/C21H24N2O2.C6H13O9P/c1-3-21-10-6-11-22-12-9-15-14-7-4-5-8-16(14)23(18(15)19(21)22)17(13-21)20(24)25-2;7-3-2(1-14-16(11,12)13)15-6(10)5(9)4(3)8/h4-5,7-8,13,19H,3,6,9-12H2,1-2H3;2-10H,1H2,(H2,11,12,13)/t19-,21+;2-,3-,4+,5-,6+/m11/s1. The van der Waals surface area contributed by atoms with Crippen LogP contribution in [0.2, 0.25) is 0 Å². The number of phosphoric ester groups is 1. The third kappa shape index (κ3) is 5.40. The van der Waals surface area contributed by atoms with Crippen LogP contribution in [-0.2, 0) is 29.8 Å². The summed E-state index contributed by atoms with van der Waals surface area (Å²) >= 11 is 0. The molecule has 226 valence electrons. The highest BCUT2D eigenvalue weighted by Gasteiger charge is 2.51. The van der Waals surface area contributed by atoms with Crippen LogP contribution in [-0.4, -0.2) is 103 Å². The van der Waals surface area contributed by atoms with Gasteiger partial charge in [-0.05, 0) is 49.9 Å². The van der Waals surface area contributed by atoms with E-state index >= 15 is 0 Å². The monoisotopic (exact) mass is 596 g/mol. The van der Waals surface area contributed by atoms with E-state index in [9.17, 15) is 19.6 Å². The number of aliphatic hydroxyl groups is 4. The summed E-state index contributed by atoms with van der Waals surface area (Å²) in [6, 6.07) is 8.89. The maximum Gasteiger partial charge on any atom is 0.469 e. The van der Waals surface area contributed by atoms with Gasteiger partial charge >= 0.3 is 13.8 Å². The van der Waals surface area contributed by atoms with Gasteiger partial charge in [0.25, 0.3) is 0 Å². The molecule has 4 aliphatic rings. The summed E-state index contributed by atoms with van der Waals surface area (Å²) in [6.45, 7) is 3.82. The average molecular weight is 597 g/mol. The van der Waals surface area contributed by atoms with E-state index in [1.165, 1.54) is 30.2 Å². The van der Waals surface area contributed by atoms with Crippen LogP contribution in [0.4, 0.5) is 0 Å². The molecule has 2 fully saturated rings. The molecule has 1 aromatic heterocycles. The van der Waals surface area contributed by atoms with Crippen molar-refractivity contribution in [1.29, 1.82) is 0 Å². The molecule has 0 bridgehead atoms. The summed E-state index contributed by atoms with van der Waals surface area (Å²) in [4.78, 5) is 32.1. The van der Waals surface area contributed by atoms with Crippen molar-refractivity contribution in [1.82, 2.24) is 9.47 Å².